The number of fused-ring (bicyclic) bond motifs is 1. The average molecular weight is 626 g/mol. The van der Waals surface area contributed by atoms with Crippen LogP contribution >= 0.6 is 11.8 Å². The Kier molecular flexibility index (Phi) is 8.26. The SMILES string of the molecule is C[C@@H](OC(=O)OCc1ccc([N+](=O)[O-])cc1)C1C(=O)N2C(C(=O)O)=C(Sc3nnnn3C)C(Cc3ccc([N+](=O)[O-])cc3)[C@H]12. The predicted octanol–water partition coefficient (Wildman–Crippen LogP) is 2.86. The van der Waals surface area contributed by atoms with Crippen LogP contribution < -0.4 is 0 Å². The number of nitro groups is 2. The lowest BCUT2D eigenvalue weighted by molar-refractivity contribution is -0.385. The fourth-order valence-corrected chi connectivity index (χ4v) is 6.32. The third kappa shape index (κ3) is 5.78. The van der Waals surface area contributed by atoms with Gasteiger partial charge in [-0.2, -0.15) is 0 Å². The Labute approximate surface area is 251 Å². The van der Waals surface area contributed by atoms with E-state index in [2.05, 4.69) is 15.5 Å². The normalized spacial score (nSPS) is 19.6. The van der Waals surface area contributed by atoms with Gasteiger partial charge in [0, 0.05) is 42.1 Å². The summed E-state index contributed by atoms with van der Waals surface area (Å²) in [4.78, 5) is 60.7. The van der Waals surface area contributed by atoms with E-state index in [0.29, 0.717) is 16.0 Å². The second-order valence-corrected chi connectivity index (χ2v) is 11.0. The van der Waals surface area contributed by atoms with Gasteiger partial charge in [0.2, 0.25) is 11.1 Å². The summed E-state index contributed by atoms with van der Waals surface area (Å²) < 4.78 is 11.9. The van der Waals surface area contributed by atoms with E-state index in [4.69, 9.17) is 9.47 Å². The molecule has 1 aromatic heterocycles. The lowest BCUT2D eigenvalue weighted by Gasteiger charge is -2.47. The van der Waals surface area contributed by atoms with Gasteiger partial charge < -0.3 is 19.5 Å². The maximum Gasteiger partial charge on any atom is 0.508 e. The van der Waals surface area contributed by atoms with Gasteiger partial charge in [-0.15, -0.1) is 5.10 Å². The largest absolute Gasteiger partial charge is 0.508 e. The van der Waals surface area contributed by atoms with E-state index in [1.807, 2.05) is 0 Å². The monoisotopic (exact) mass is 625 g/mol. The van der Waals surface area contributed by atoms with Gasteiger partial charge in [0.05, 0.1) is 21.8 Å². The number of ether oxygens (including phenoxy) is 2. The van der Waals surface area contributed by atoms with Crippen molar-refractivity contribution in [3.8, 4) is 0 Å². The molecule has 44 heavy (non-hydrogen) atoms. The van der Waals surface area contributed by atoms with E-state index < -0.39 is 51.9 Å². The molecule has 3 aromatic rings. The van der Waals surface area contributed by atoms with Crippen molar-refractivity contribution >= 4 is 41.2 Å². The number of non-ortho nitro benzene ring substituents is 2. The molecule has 1 saturated heterocycles. The Bertz CT molecular complexity index is 1670. The molecule has 4 atom stereocenters. The molecule has 2 aliphatic heterocycles. The van der Waals surface area contributed by atoms with Gasteiger partial charge in [-0.05, 0) is 58.8 Å². The summed E-state index contributed by atoms with van der Waals surface area (Å²) in [5.41, 5.74) is 0.634. The minimum atomic E-state index is -1.35. The summed E-state index contributed by atoms with van der Waals surface area (Å²) in [5.74, 6) is -3.46. The first-order valence-electron chi connectivity index (χ1n) is 13.0. The molecular formula is C26H23N7O10S. The second-order valence-electron chi connectivity index (χ2n) is 9.95. The molecule has 17 nitrogen and oxygen atoms in total. The van der Waals surface area contributed by atoms with Gasteiger partial charge in [-0.25, -0.2) is 14.3 Å². The fraction of sp³-hybridized carbons (Fsp3) is 0.308. The molecule has 0 aliphatic carbocycles. The van der Waals surface area contributed by atoms with E-state index in [-0.39, 0.29) is 35.3 Å². The topological polar surface area (TPSA) is 223 Å². The van der Waals surface area contributed by atoms with Crippen molar-refractivity contribution < 1.29 is 38.8 Å². The highest BCUT2D eigenvalue weighted by Crippen LogP contribution is 2.53. The number of aromatic nitrogens is 4. The van der Waals surface area contributed by atoms with Crippen LogP contribution in [0.2, 0.25) is 0 Å². The molecule has 0 spiro atoms. The summed E-state index contributed by atoms with van der Waals surface area (Å²) in [5, 5.41) is 43.7. The van der Waals surface area contributed by atoms with Crippen LogP contribution in [0.1, 0.15) is 18.1 Å². The molecule has 0 bridgehead atoms. The number of hydrogen-bond donors (Lipinski definition) is 1. The molecule has 0 saturated carbocycles. The van der Waals surface area contributed by atoms with Crippen molar-refractivity contribution in [3.05, 3.63) is 90.5 Å². The summed E-state index contributed by atoms with van der Waals surface area (Å²) in [6, 6.07) is 10.4. The quantitative estimate of drug-likeness (QED) is 0.140. The van der Waals surface area contributed by atoms with Gasteiger partial charge in [-0.3, -0.25) is 25.0 Å². The Morgan fingerprint density at radius 2 is 1.64 bits per heavy atom. The number of nitrogens with zero attached hydrogens (tertiary/aromatic N) is 7. The first-order chi connectivity index (χ1) is 21.0. The first kappa shape index (κ1) is 30.1. The van der Waals surface area contributed by atoms with E-state index in [1.165, 1.54) is 48.0 Å². The number of carbonyl (C=O) groups is 3. The number of amides is 1. The highest BCUT2D eigenvalue weighted by molar-refractivity contribution is 8.03. The minimum absolute atomic E-state index is 0.116. The van der Waals surface area contributed by atoms with Crippen LogP contribution in [0, 0.1) is 32.1 Å². The van der Waals surface area contributed by atoms with Crippen LogP contribution in [-0.2, 0) is 39.1 Å². The highest BCUT2D eigenvalue weighted by atomic mass is 32.2. The second kappa shape index (κ2) is 12.1. The van der Waals surface area contributed by atoms with Crippen molar-refractivity contribution in [2.24, 2.45) is 18.9 Å². The molecule has 0 radical (unpaired) electrons. The maximum absolute atomic E-state index is 13.4. The molecule has 5 rings (SSSR count). The van der Waals surface area contributed by atoms with Gasteiger partial charge in [0.1, 0.15) is 18.4 Å². The van der Waals surface area contributed by atoms with Crippen molar-refractivity contribution in [1.29, 1.82) is 0 Å². The van der Waals surface area contributed by atoms with E-state index in [1.54, 1.807) is 19.2 Å². The third-order valence-corrected chi connectivity index (χ3v) is 8.54. The molecule has 3 heterocycles. The van der Waals surface area contributed by atoms with Gasteiger partial charge in [0.25, 0.3) is 11.4 Å². The molecule has 1 fully saturated rings. The zero-order valence-corrected chi connectivity index (χ0v) is 23.8. The number of rotatable bonds is 11. The smallest absolute Gasteiger partial charge is 0.477 e. The molecule has 2 unspecified atom stereocenters. The number of carboxylic acid groups (broad SMARTS) is 1. The Hall–Kier alpha value is -5.39. The number of tetrazole rings is 1. The number of aryl methyl sites for hydroxylation is 1. The number of carbonyl (C=O) groups excluding carboxylic acids is 2. The minimum Gasteiger partial charge on any atom is -0.477 e. The van der Waals surface area contributed by atoms with Crippen molar-refractivity contribution in [2.75, 3.05) is 0 Å². The maximum atomic E-state index is 13.4. The number of carboxylic acids is 1. The van der Waals surface area contributed by atoms with Gasteiger partial charge in [0.15, 0.2) is 0 Å². The molecule has 1 amide bonds. The molecule has 228 valence electrons. The van der Waals surface area contributed by atoms with Gasteiger partial charge >= 0.3 is 12.1 Å². The zero-order valence-electron chi connectivity index (χ0n) is 23.0. The Balaban J connectivity index is 1.37. The molecular weight excluding hydrogens is 602 g/mol. The number of thioether (sulfide) groups is 1. The number of aliphatic carboxylic acids is 1. The van der Waals surface area contributed by atoms with Crippen LogP contribution in [0.25, 0.3) is 0 Å². The Morgan fingerprint density at radius 1 is 1.05 bits per heavy atom. The number of benzene rings is 2. The highest BCUT2D eigenvalue weighted by Gasteiger charge is 2.62. The van der Waals surface area contributed by atoms with Crippen molar-refractivity contribution in [1.82, 2.24) is 25.1 Å². The molecule has 2 aliphatic rings. The number of hydrogen-bond acceptors (Lipinski definition) is 13. The third-order valence-electron chi connectivity index (χ3n) is 7.29. The predicted molar refractivity (Wildman–Crippen MR) is 148 cm³/mol. The average Bonchev–Trinajstić information content (AvgIpc) is 3.50. The van der Waals surface area contributed by atoms with Crippen LogP contribution in [-0.4, -0.2) is 70.2 Å². The van der Waals surface area contributed by atoms with E-state index in [9.17, 15) is 39.7 Å². The van der Waals surface area contributed by atoms with E-state index >= 15 is 0 Å². The summed E-state index contributed by atoms with van der Waals surface area (Å²) in [6.45, 7) is 1.26. The first-order valence-corrected chi connectivity index (χ1v) is 13.8. The van der Waals surface area contributed by atoms with Crippen molar-refractivity contribution in [3.63, 3.8) is 0 Å². The summed E-state index contributed by atoms with van der Waals surface area (Å²) >= 11 is 0.991. The number of β-lactam (4-membered cyclic amide) rings is 1. The van der Waals surface area contributed by atoms with Crippen LogP contribution in [0.4, 0.5) is 16.2 Å². The van der Waals surface area contributed by atoms with Crippen LogP contribution in [0.3, 0.4) is 0 Å². The molecule has 1 N–H and O–H groups in total. The van der Waals surface area contributed by atoms with Gasteiger partial charge in [-0.1, -0.05) is 12.1 Å². The van der Waals surface area contributed by atoms with Crippen LogP contribution in [0.15, 0.2) is 64.3 Å². The zero-order chi connectivity index (χ0) is 31.7. The molecule has 2 aromatic carbocycles. The fourth-order valence-electron chi connectivity index (χ4n) is 5.22. The standard InChI is InChI=1S/C26H23N7O10S/c1-13(43-26(37)42-12-15-5-9-17(10-6-15)33(40)41)19-20-18(11-14-3-7-16(8-4-14)32(38)39)22(44-25-27-28-29-30(25)2)21(24(35)36)31(20)23(19)34/h3-10,13,18-20H,11-12H2,1-2H3,(H,35,36)/t13-,18?,19?,20-/m1/s1. The number of nitro benzene ring substituents is 2. The summed E-state index contributed by atoms with van der Waals surface area (Å²) in [7, 11) is 1.57. The summed E-state index contributed by atoms with van der Waals surface area (Å²) in [6.07, 6.45) is -1.91. The lowest BCUT2D eigenvalue weighted by Crippen LogP contribution is -2.64. The van der Waals surface area contributed by atoms with Crippen LogP contribution in [0.5, 0.6) is 0 Å². The molecule has 18 heteroatoms. The lowest BCUT2D eigenvalue weighted by atomic mass is 9.76. The Morgan fingerprint density at radius 3 is 2.16 bits per heavy atom. The van der Waals surface area contributed by atoms with Crippen molar-refractivity contribution in [2.45, 2.75) is 37.3 Å². The van der Waals surface area contributed by atoms with E-state index in [0.717, 1.165) is 16.7 Å².